The van der Waals surface area contributed by atoms with E-state index < -0.39 is 0 Å². The zero-order valence-electron chi connectivity index (χ0n) is 19.3. The molecular weight excluding hydrogens is 434 g/mol. The molecule has 7 nitrogen and oxygen atoms in total. The van der Waals surface area contributed by atoms with E-state index in [9.17, 15) is 14.9 Å². The normalized spacial score (nSPS) is 20.4. The number of carbonyl (C=O) groups excluding carboxylic acids is 2. The highest BCUT2D eigenvalue weighted by atomic mass is 32.1. The minimum atomic E-state index is -0.205. The molecule has 0 aliphatic carbocycles. The number of fused-ring (bicyclic) bond motifs is 1. The lowest BCUT2D eigenvalue weighted by atomic mass is 10.1. The van der Waals surface area contributed by atoms with Crippen molar-refractivity contribution in [2.24, 2.45) is 0 Å². The highest BCUT2D eigenvalue weighted by Crippen LogP contribution is 2.26. The topological polar surface area (TPSA) is 81.4 Å². The first-order chi connectivity index (χ1) is 16.0. The maximum atomic E-state index is 13.1. The van der Waals surface area contributed by atoms with Crippen molar-refractivity contribution in [3.05, 3.63) is 35.5 Å². The Hall–Kier alpha value is -2.66. The van der Waals surface area contributed by atoms with Crippen LogP contribution in [0.2, 0.25) is 0 Å². The second kappa shape index (κ2) is 10.5. The number of rotatable bonds is 7. The lowest BCUT2D eigenvalue weighted by Crippen LogP contribution is -2.52. The van der Waals surface area contributed by atoms with Gasteiger partial charge in [0.25, 0.3) is 0 Å². The zero-order chi connectivity index (χ0) is 23.4. The first kappa shape index (κ1) is 23.5. The fraction of sp³-hybridized carbons (Fsp3) is 0.560. The van der Waals surface area contributed by atoms with E-state index in [0.29, 0.717) is 24.3 Å². The second-order valence-electron chi connectivity index (χ2n) is 8.96. The highest BCUT2D eigenvalue weighted by molar-refractivity contribution is 7.80. The zero-order valence-corrected chi connectivity index (χ0v) is 20.2. The van der Waals surface area contributed by atoms with Crippen LogP contribution < -0.4 is 5.32 Å². The molecule has 33 heavy (non-hydrogen) atoms. The van der Waals surface area contributed by atoms with Crippen LogP contribution in [0.3, 0.4) is 0 Å². The summed E-state index contributed by atoms with van der Waals surface area (Å²) in [5.74, 6) is 0.592. The number of aryl methyl sites for hydroxylation is 2. The van der Waals surface area contributed by atoms with Crippen molar-refractivity contribution < 1.29 is 9.59 Å². The van der Waals surface area contributed by atoms with Gasteiger partial charge in [-0.2, -0.15) is 17.9 Å². The number of urea groups is 1. The maximum Gasteiger partial charge on any atom is 0.319 e. The molecule has 0 spiro atoms. The summed E-state index contributed by atoms with van der Waals surface area (Å²) >= 11 is 4.17. The molecule has 1 N–H and O–H groups in total. The molecule has 0 saturated carbocycles. The van der Waals surface area contributed by atoms with Crippen molar-refractivity contribution in [1.29, 1.82) is 5.26 Å². The molecule has 1 aromatic heterocycles. The number of hydrogen-bond acceptors (Lipinski definition) is 4. The molecule has 2 aliphatic rings. The van der Waals surface area contributed by atoms with Gasteiger partial charge in [-0.1, -0.05) is 6.07 Å². The molecule has 0 radical (unpaired) electrons. The Balaban J connectivity index is 1.40. The Labute approximate surface area is 201 Å². The van der Waals surface area contributed by atoms with E-state index >= 15 is 0 Å². The third-order valence-electron chi connectivity index (χ3n) is 7.00. The van der Waals surface area contributed by atoms with Crippen LogP contribution in [0.5, 0.6) is 0 Å². The second-order valence-corrected chi connectivity index (χ2v) is 9.41. The van der Waals surface area contributed by atoms with Gasteiger partial charge in [0.1, 0.15) is 6.17 Å². The monoisotopic (exact) mass is 467 g/mol. The Bertz CT molecular complexity index is 1060. The number of hydrogen-bond donors (Lipinski definition) is 2. The van der Waals surface area contributed by atoms with Crippen LogP contribution >= 0.6 is 12.6 Å². The smallest absolute Gasteiger partial charge is 0.319 e. The highest BCUT2D eigenvalue weighted by Gasteiger charge is 2.34. The molecule has 0 unspecified atom stereocenters. The number of nitriles is 1. The molecule has 8 heteroatoms. The fourth-order valence-corrected chi connectivity index (χ4v) is 5.55. The first-order valence-electron chi connectivity index (χ1n) is 12.1. The van der Waals surface area contributed by atoms with Gasteiger partial charge >= 0.3 is 6.03 Å². The summed E-state index contributed by atoms with van der Waals surface area (Å²) in [6.45, 7) is 4.44. The molecule has 176 valence electrons. The molecule has 2 saturated heterocycles. The van der Waals surface area contributed by atoms with Gasteiger partial charge in [0.05, 0.1) is 11.6 Å². The SMILES string of the molecule is CCn1c(CC[C@@H]2CCCN2C(=O)N[C@H]2CCCN2C(=O)CCS)cc2ccc(C#N)cc21. The van der Waals surface area contributed by atoms with Gasteiger partial charge in [-0.3, -0.25) is 4.79 Å². The summed E-state index contributed by atoms with van der Waals surface area (Å²) in [4.78, 5) is 29.2. The van der Waals surface area contributed by atoms with Crippen LogP contribution in [0, 0.1) is 11.3 Å². The third-order valence-corrected chi connectivity index (χ3v) is 7.22. The van der Waals surface area contributed by atoms with Gasteiger partial charge < -0.3 is 19.7 Å². The van der Waals surface area contributed by atoms with Crippen molar-refractivity contribution in [2.75, 3.05) is 18.8 Å². The average molecular weight is 468 g/mol. The van der Waals surface area contributed by atoms with Crippen molar-refractivity contribution >= 4 is 35.5 Å². The van der Waals surface area contributed by atoms with Crippen molar-refractivity contribution in [3.8, 4) is 6.07 Å². The molecular formula is C25H33N5O2S. The molecule has 1 aromatic carbocycles. The molecule has 4 rings (SSSR count). The van der Waals surface area contributed by atoms with Crippen LogP contribution in [-0.4, -0.2) is 57.4 Å². The molecule has 2 aliphatic heterocycles. The molecule has 3 amide bonds. The van der Waals surface area contributed by atoms with E-state index in [4.69, 9.17) is 0 Å². The van der Waals surface area contributed by atoms with E-state index in [1.54, 1.807) is 4.90 Å². The molecule has 3 heterocycles. The van der Waals surface area contributed by atoms with Gasteiger partial charge in [-0.15, -0.1) is 0 Å². The van der Waals surface area contributed by atoms with Crippen LogP contribution in [0.25, 0.3) is 10.9 Å². The average Bonchev–Trinajstić information content (AvgIpc) is 3.55. The number of nitrogens with zero attached hydrogens (tertiary/aromatic N) is 4. The number of amides is 3. The number of likely N-dealkylation sites (tertiary alicyclic amines) is 2. The lowest BCUT2D eigenvalue weighted by Gasteiger charge is -2.30. The van der Waals surface area contributed by atoms with E-state index in [0.717, 1.165) is 62.5 Å². The van der Waals surface area contributed by atoms with E-state index in [2.05, 4.69) is 41.6 Å². The largest absolute Gasteiger partial charge is 0.345 e. The minimum absolute atomic E-state index is 0.0530. The Morgan fingerprint density at radius 2 is 1.97 bits per heavy atom. The lowest BCUT2D eigenvalue weighted by molar-refractivity contribution is -0.131. The van der Waals surface area contributed by atoms with E-state index in [1.807, 2.05) is 23.1 Å². The first-order valence-corrected chi connectivity index (χ1v) is 12.7. The summed E-state index contributed by atoms with van der Waals surface area (Å²) in [6.07, 6.45) is 5.73. The van der Waals surface area contributed by atoms with Gasteiger partial charge in [-0.25, -0.2) is 4.79 Å². The van der Waals surface area contributed by atoms with Crippen LogP contribution in [-0.2, 0) is 17.8 Å². The van der Waals surface area contributed by atoms with Crippen molar-refractivity contribution in [1.82, 2.24) is 19.7 Å². The summed E-state index contributed by atoms with van der Waals surface area (Å²) in [7, 11) is 0. The van der Waals surface area contributed by atoms with Gasteiger partial charge in [-0.05, 0) is 74.8 Å². The maximum absolute atomic E-state index is 13.1. The summed E-state index contributed by atoms with van der Waals surface area (Å²) in [5.41, 5.74) is 3.02. The van der Waals surface area contributed by atoms with Crippen LogP contribution in [0.1, 0.15) is 56.7 Å². The van der Waals surface area contributed by atoms with Crippen molar-refractivity contribution in [2.45, 2.75) is 70.6 Å². The molecule has 2 atom stereocenters. The molecule has 0 bridgehead atoms. The summed E-state index contributed by atoms with van der Waals surface area (Å²) < 4.78 is 2.28. The number of aromatic nitrogens is 1. The molecule has 2 aromatic rings. The van der Waals surface area contributed by atoms with Crippen molar-refractivity contribution in [3.63, 3.8) is 0 Å². The van der Waals surface area contributed by atoms with Gasteiger partial charge in [0.2, 0.25) is 5.91 Å². The number of nitrogens with one attached hydrogen (secondary N) is 1. The summed E-state index contributed by atoms with van der Waals surface area (Å²) in [5, 5.41) is 13.5. The fourth-order valence-electron chi connectivity index (χ4n) is 5.36. The van der Waals surface area contributed by atoms with Crippen LogP contribution in [0.15, 0.2) is 24.3 Å². The minimum Gasteiger partial charge on any atom is -0.345 e. The van der Waals surface area contributed by atoms with E-state index in [-0.39, 0.29) is 24.1 Å². The Morgan fingerprint density at radius 1 is 1.18 bits per heavy atom. The van der Waals surface area contributed by atoms with Crippen LogP contribution in [0.4, 0.5) is 4.79 Å². The number of benzene rings is 1. The summed E-state index contributed by atoms with van der Waals surface area (Å²) in [6, 6.07) is 10.4. The number of thiol groups is 1. The molecule has 2 fully saturated rings. The predicted octanol–water partition coefficient (Wildman–Crippen LogP) is 3.91. The predicted molar refractivity (Wildman–Crippen MR) is 132 cm³/mol. The Kier molecular flexibility index (Phi) is 7.49. The van der Waals surface area contributed by atoms with E-state index in [1.165, 1.54) is 5.69 Å². The standard InChI is InChI=1S/C25H33N5O2S/c1-2-28-21(16-19-8-7-18(17-26)15-22(19)28)10-9-20-5-3-12-29(20)25(32)27-23-6-4-13-30(23)24(31)11-14-33/h7-8,15-16,20,23,33H,2-6,9-14H2,1H3,(H,27,32)/t20-,23+/m0/s1. The number of carbonyl (C=O) groups is 2. The quantitative estimate of drug-likeness (QED) is 0.606. The van der Waals surface area contributed by atoms with Gasteiger partial charge in [0, 0.05) is 43.3 Å². The van der Waals surface area contributed by atoms with Gasteiger partial charge in [0.15, 0.2) is 0 Å². The third kappa shape index (κ3) is 4.98. The Morgan fingerprint density at radius 3 is 2.73 bits per heavy atom.